The smallest absolute Gasteiger partial charge is 0.257 e. The summed E-state index contributed by atoms with van der Waals surface area (Å²) in [6.07, 6.45) is 1.60. The van der Waals surface area contributed by atoms with Crippen LogP contribution in [-0.2, 0) is 16.6 Å². The van der Waals surface area contributed by atoms with Gasteiger partial charge in [-0.3, -0.25) is 9.00 Å². The summed E-state index contributed by atoms with van der Waals surface area (Å²) < 4.78 is 11.3. The average molecular weight is 342 g/mol. The molecule has 6 heteroatoms. The van der Waals surface area contributed by atoms with Crippen LogP contribution in [0.1, 0.15) is 15.9 Å². The Morgan fingerprint density at radius 3 is 2.52 bits per heavy atom. The fourth-order valence-electron chi connectivity index (χ4n) is 1.83. The number of carbonyl (C=O) groups excluding carboxylic acids is 1. The van der Waals surface area contributed by atoms with Crippen molar-refractivity contribution in [2.75, 3.05) is 11.6 Å². The molecule has 2 aromatic rings. The van der Waals surface area contributed by atoms with E-state index in [9.17, 15) is 9.00 Å². The van der Waals surface area contributed by atoms with Crippen LogP contribution in [-0.4, -0.2) is 16.4 Å². The average Bonchev–Trinajstić information content (AvgIpc) is 2.42. The summed E-state index contributed by atoms with van der Waals surface area (Å²) >= 11 is 12.0. The molecule has 2 rings (SSSR count). The number of hydrogen-bond acceptors (Lipinski definition) is 2. The minimum Gasteiger partial charge on any atom is -0.322 e. The molecule has 0 bridgehead atoms. The van der Waals surface area contributed by atoms with Crippen LogP contribution < -0.4 is 5.32 Å². The maximum atomic E-state index is 12.2. The lowest BCUT2D eigenvalue weighted by atomic mass is 10.2. The molecule has 3 nitrogen and oxygen atoms in total. The van der Waals surface area contributed by atoms with E-state index in [2.05, 4.69) is 5.32 Å². The van der Waals surface area contributed by atoms with Crippen molar-refractivity contribution >= 4 is 45.6 Å². The van der Waals surface area contributed by atoms with E-state index in [0.29, 0.717) is 27.0 Å². The molecule has 1 N–H and O–H groups in total. The van der Waals surface area contributed by atoms with E-state index in [1.165, 1.54) is 0 Å². The number of nitrogens with one attached hydrogen (secondary N) is 1. The van der Waals surface area contributed by atoms with Crippen molar-refractivity contribution in [2.24, 2.45) is 0 Å². The highest BCUT2D eigenvalue weighted by molar-refractivity contribution is 7.83. The van der Waals surface area contributed by atoms with Crippen molar-refractivity contribution in [3.63, 3.8) is 0 Å². The van der Waals surface area contributed by atoms with Crippen LogP contribution in [0.2, 0.25) is 10.0 Å². The Bertz CT molecular complexity index is 704. The van der Waals surface area contributed by atoms with E-state index in [4.69, 9.17) is 23.2 Å². The SMILES string of the molecule is CS(=O)Cc1cc(NC(=O)c2ccccc2Cl)ccc1Cl. The molecular formula is C15H13Cl2NO2S. The van der Waals surface area contributed by atoms with Crippen LogP contribution in [0.3, 0.4) is 0 Å². The highest BCUT2D eigenvalue weighted by atomic mass is 35.5. The molecule has 0 fully saturated rings. The molecule has 0 aliphatic carbocycles. The molecule has 1 unspecified atom stereocenters. The van der Waals surface area contributed by atoms with Crippen molar-refractivity contribution in [1.82, 2.24) is 0 Å². The zero-order chi connectivity index (χ0) is 15.4. The summed E-state index contributed by atoms with van der Waals surface area (Å²) in [4.78, 5) is 12.2. The van der Waals surface area contributed by atoms with Gasteiger partial charge in [-0.25, -0.2) is 0 Å². The van der Waals surface area contributed by atoms with Crippen molar-refractivity contribution in [3.05, 3.63) is 63.6 Å². The van der Waals surface area contributed by atoms with Crippen molar-refractivity contribution in [2.45, 2.75) is 5.75 Å². The third-order valence-corrected chi connectivity index (χ3v) is 4.20. The van der Waals surface area contributed by atoms with E-state index in [0.717, 1.165) is 5.56 Å². The van der Waals surface area contributed by atoms with Gasteiger partial charge in [-0.2, -0.15) is 0 Å². The van der Waals surface area contributed by atoms with Crippen LogP contribution in [0.15, 0.2) is 42.5 Å². The molecule has 0 aromatic heterocycles. The van der Waals surface area contributed by atoms with E-state index in [-0.39, 0.29) is 5.91 Å². The lowest BCUT2D eigenvalue weighted by molar-refractivity contribution is 0.102. The van der Waals surface area contributed by atoms with E-state index < -0.39 is 10.8 Å². The number of anilines is 1. The van der Waals surface area contributed by atoms with Gasteiger partial charge in [-0.1, -0.05) is 35.3 Å². The molecule has 2 aromatic carbocycles. The second-order valence-corrected chi connectivity index (χ2v) is 6.71. The molecule has 1 atom stereocenters. The van der Waals surface area contributed by atoms with Gasteiger partial charge in [0.15, 0.2) is 0 Å². The Labute approximate surface area is 135 Å². The van der Waals surface area contributed by atoms with Gasteiger partial charge in [0.25, 0.3) is 5.91 Å². The number of amides is 1. The third kappa shape index (κ3) is 4.30. The largest absolute Gasteiger partial charge is 0.322 e. The Balaban J connectivity index is 2.22. The van der Waals surface area contributed by atoms with Crippen LogP contribution in [0, 0.1) is 0 Å². The van der Waals surface area contributed by atoms with Gasteiger partial charge >= 0.3 is 0 Å². The van der Waals surface area contributed by atoms with Gasteiger partial charge in [0.1, 0.15) is 0 Å². The number of halogens is 2. The first-order valence-corrected chi connectivity index (χ1v) is 8.60. The quantitative estimate of drug-likeness (QED) is 0.908. The Kier molecular flexibility index (Phi) is 5.39. The van der Waals surface area contributed by atoms with E-state index in [1.807, 2.05) is 0 Å². The normalized spacial score (nSPS) is 12.0. The first-order chi connectivity index (χ1) is 9.97. The zero-order valence-electron chi connectivity index (χ0n) is 11.2. The fraction of sp³-hybridized carbons (Fsp3) is 0.133. The zero-order valence-corrected chi connectivity index (χ0v) is 13.6. The topological polar surface area (TPSA) is 46.2 Å². The van der Waals surface area contributed by atoms with Gasteiger partial charge in [0, 0.05) is 33.5 Å². The molecule has 21 heavy (non-hydrogen) atoms. The Morgan fingerprint density at radius 2 is 1.86 bits per heavy atom. The second kappa shape index (κ2) is 7.07. The van der Waals surface area contributed by atoms with Gasteiger partial charge in [0.2, 0.25) is 0 Å². The van der Waals surface area contributed by atoms with Crippen molar-refractivity contribution in [1.29, 1.82) is 0 Å². The van der Waals surface area contributed by atoms with Crippen LogP contribution in [0.5, 0.6) is 0 Å². The molecule has 0 spiro atoms. The minimum atomic E-state index is -1.01. The summed E-state index contributed by atoms with van der Waals surface area (Å²) in [6, 6.07) is 11.9. The van der Waals surface area contributed by atoms with Gasteiger partial charge in [-0.05, 0) is 35.9 Å². The minimum absolute atomic E-state index is 0.300. The number of rotatable bonds is 4. The fourth-order valence-corrected chi connectivity index (χ4v) is 2.99. The molecular weight excluding hydrogens is 329 g/mol. The van der Waals surface area contributed by atoms with Crippen LogP contribution in [0.25, 0.3) is 0 Å². The lowest BCUT2D eigenvalue weighted by Crippen LogP contribution is -2.12. The first-order valence-electron chi connectivity index (χ1n) is 6.11. The lowest BCUT2D eigenvalue weighted by Gasteiger charge is -2.09. The summed E-state index contributed by atoms with van der Waals surface area (Å²) in [6.45, 7) is 0. The molecule has 0 radical (unpaired) electrons. The number of benzene rings is 2. The highest BCUT2D eigenvalue weighted by Gasteiger charge is 2.11. The van der Waals surface area contributed by atoms with E-state index in [1.54, 1.807) is 48.7 Å². The summed E-state index contributed by atoms with van der Waals surface area (Å²) in [5.74, 6) is 0.0424. The van der Waals surface area contributed by atoms with Crippen molar-refractivity contribution < 1.29 is 9.00 Å². The van der Waals surface area contributed by atoms with Crippen molar-refractivity contribution in [3.8, 4) is 0 Å². The third-order valence-electron chi connectivity index (χ3n) is 2.78. The maximum absolute atomic E-state index is 12.2. The molecule has 0 aliphatic heterocycles. The summed E-state index contributed by atoms with van der Waals surface area (Å²) in [5.41, 5.74) is 1.72. The Morgan fingerprint density at radius 1 is 1.14 bits per heavy atom. The maximum Gasteiger partial charge on any atom is 0.257 e. The molecule has 1 amide bonds. The molecule has 0 heterocycles. The Hall–Kier alpha value is -1.36. The van der Waals surface area contributed by atoms with Gasteiger partial charge in [-0.15, -0.1) is 0 Å². The highest BCUT2D eigenvalue weighted by Crippen LogP contribution is 2.23. The standard InChI is InChI=1S/C15H13Cl2NO2S/c1-21(20)9-10-8-11(6-7-13(10)16)18-15(19)12-4-2-3-5-14(12)17/h2-8H,9H2,1H3,(H,18,19). The summed E-state index contributed by atoms with van der Waals surface area (Å²) in [7, 11) is -1.01. The number of hydrogen-bond donors (Lipinski definition) is 1. The molecule has 110 valence electrons. The second-order valence-electron chi connectivity index (χ2n) is 4.46. The van der Waals surface area contributed by atoms with Crippen LogP contribution in [0.4, 0.5) is 5.69 Å². The van der Waals surface area contributed by atoms with Gasteiger partial charge < -0.3 is 5.32 Å². The molecule has 0 aliphatic rings. The number of carbonyl (C=O) groups is 1. The monoisotopic (exact) mass is 341 g/mol. The molecule has 0 saturated heterocycles. The predicted molar refractivity (Wildman–Crippen MR) is 88.6 cm³/mol. The first kappa shape index (κ1) is 16.0. The predicted octanol–water partition coefficient (Wildman–Crippen LogP) is 4.12. The molecule has 0 saturated carbocycles. The summed E-state index contributed by atoms with van der Waals surface area (Å²) in [5, 5.41) is 3.68. The van der Waals surface area contributed by atoms with Crippen LogP contribution >= 0.6 is 23.2 Å². The van der Waals surface area contributed by atoms with Gasteiger partial charge in [0.05, 0.1) is 10.6 Å². The van der Waals surface area contributed by atoms with E-state index >= 15 is 0 Å².